The minimum atomic E-state index is -0.861. The molecule has 41 heavy (non-hydrogen) atoms. The van der Waals surface area contributed by atoms with Crippen LogP contribution in [0, 0.1) is 10.8 Å². The summed E-state index contributed by atoms with van der Waals surface area (Å²) in [4.78, 5) is 20.3. The van der Waals surface area contributed by atoms with Crippen molar-refractivity contribution in [2.75, 3.05) is 0 Å². The minimum absolute atomic E-state index is 0.0852. The Bertz CT molecular complexity index is 1350. The molecule has 1 N–H and O–H groups in total. The number of aromatic nitrogens is 6. The van der Waals surface area contributed by atoms with Crippen molar-refractivity contribution < 1.29 is 14.6 Å². The summed E-state index contributed by atoms with van der Waals surface area (Å²) in [7, 11) is 0. The number of hydrogen-bond donors (Lipinski definition) is 1. The van der Waals surface area contributed by atoms with Crippen molar-refractivity contribution in [1.82, 2.24) is 29.5 Å². The van der Waals surface area contributed by atoms with Crippen LogP contribution in [0.15, 0.2) is 73.8 Å². The fraction of sp³-hybridized carbons (Fsp3) is 0.433. The predicted octanol–water partition coefficient (Wildman–Crippen LogP) is 6.47. The summed E-state index contributed by atoms with van der Waals surface area (Å²) in [6, 6.07) is 14.6. The maximum atomic E-state index is 12.5. The van der Waals surface area contributed by atoms with Crippen LogP contribution in [0.3, 0.4) is 0 Å². The van der Waals surface area contributed by atoms with Crippen LogP contribution in [0.5, 0.6) is 5.75 Å². The van der Waals surface area contributed by atoms with E-state index in [4.69, 9.17) is 27.9 Å². The van der Waals surface area contributed by atoms with Gasteiger partial charge in [0, 0.05) is 15.5 Å². The molecule has 2 heterocycles. The Labute approximate surface area is 251 Å². The van der Waals surface area contributed by atoms with E-state index in [0.29, 0.717) is 23.7 Å². The molecule has 0 radical (unpaired) electrons. The van der Waals surface area contributed by atoms with Crippen molar-refractivity contribution in [2.45, 2.75) is 72.8 Å². The molecular weight excluding hydrogens is 563 g/mol. The van der Waals surface area contributed by atoms with Gasteiger partial charge in [0.1, 0.15) is 31.1 Å². The molecule has 0 amide bonds. The summed E-state index contributed by atoms with van der Waals surface area (Å²) in [6.07, 6.45) is 6.55. The lowest BCUT2D eigenvalue weighted by molar-refractivity contribution is -0.138. The Kier molecular flexibility index (Phi) is 10.7. The van der Waals surface area contributed by atoms with E-state index in [2.05, 4.69) is 20.2 Å². The molecule has 220 valence electrons. The number of hydrogen-bond acceptors (Lipinski definition) is 7. The van der Waals surface area contributed by atoms with Crippen LogP contribution >= 0.6 is 23.2 Å². The summed E-state index contributed by atoms with van der Waals surface area (Å²) < 4.78 is 8.85. The highest BCUT2D eigenvalue weighted by atomic mass is 35.5. The van der Waals surface area contributed by atoms with E-state index in [1.54, 1.807) is 35.3 Å². The first kappa shape index (κ1) is 32.2. The lowest BCUT2D eigenvalue weighted by Gasteiger charge is -2.40. The molecule has 0 aliphatic heterocycles. The van der Waals surface area contributed by atoms with Crippen molar-refractivity contribution >= 4 is 29.0 Å². The average Bonchev–Trinajstić information content (AvgIpc) is 3.62. The van der Waals surface area contributed by atoms with Gasteiger partial charge in [0.2, 0.25) is 5.78 Å². The van der Waals surface area contributed by atoms with Crippen molar-refractivity contribution in [1.29, 1.82) is 0 Å². The quantitative estimate of drug-likeness (QED) is 0.234. The Morgan fingerprint density at radius 3 is 1.93 bits per heavy atom. The number of benzene rings is 2. The second-order valence-corrected chi connectivity index (χ2v) is 12.8. The van der Waals surface area contributed by atoms with E-state index in [9.17, 15) is 9.90 Å². The van der Waals surface area contributed by atoms with Gasteiger partial charge in [-0.3, -0.25) is 9.48 Å². The third-order valence-electron chi connectivity index (χ3n) is 6.73. The Hall–Kier alpha value is -3.27. The molecule has 0 spiro atoms. The van der Waals surface area contributed by atoms with Gasteiger partial charge in [0.25, 0.3) is 6.23 Å². The Morgan fingerprint density at radius 1 is 0.878 bits per heavy atom. The Morgan fingerprint density at radius 2 is 1.44 bits per heavy atom. The fourth-order valence-corrected chi connectivity index (χ4v) is 4.11. The molecule has 11 heteroatoms. The van der Waals surface area contributed by atoms with Crippen molar-refractivity contribution in [3.05, 3.63) is 89.4 Å². The Balaban J connectivity index is 0.000000226. The molecule has 0 saturated heterocycles. The number of nitrogens with zero attached hydrogens (tertiary/aromatic N) is 6. The zero-order valence-electron chi connectivity index (χ0n) is 24.3. The SMILES string of the molecule is CC(C)(C)C(=O)C(Oc1ccc(Cl)cc1)n1cncn1.CC(C)(C)C(O)(CCc1ccc(Cl)cc1)Cn1cncn1. The topological polar surface area (TPSA) is 108 Å². The number of ketones is 1. The van der Waals surface area contributed by atoms with Crippen LogP contribution in [0.25, 0.3) is 0 Å². The van der Waals surface area contributed by atoms with Crippen molar-refractivity contribution in [3.8, 4) is 5.75 Å². The maximum absolute atomic E-state index is 12.5. The number of carbonyl (C=O) groups is 1. The highest BCUT2D eigenvalue weighted by Crippen LogP contribution is 2.35. The fourth-order valence-electron chi connectivity index (χ4n) is 3.85. The van der Waals surface area contributed by atoms with E-state index in [1.165, 1.54) is 29.2 Å². The summed E-state index contributed by atoms with van der Waals surface area (Å²) in [5.41, 5.74) is -0.505. The van der Waals surface area contributed by atoms with E-state index >= 15 is 0 Å². The maximum Gasteiger partial charge on any atom is 0.252 e. The number of ether oxygens (including phenoxy) is 1. The van der Waals surface area contributed by atoms with Gasteiger partial charge in [0.05, 0.1) is 12.1 Å². The molecule has 0 aliphatic carbocycles. The first-order chi connectivity index (χ1) is 19.2. The third kappa shape index (κ3) is 9.38. The second-order valence-electron chi connectivity index (χ2n) is 11.9. The molecule has 0 saturated carbocycles. The number of carbonyl (C=O) groups excluding carboxylic acids is 1. The first-order valence-corrected chi connectivity index (χ1v) is 14.0. The van der Waals surface area contributed by atoms with Crippen molar-refractivity contribution in [3.63, 3.8) is 0 Å². The molecule has 0 aliphatic rings. The molecule has 2 unspecified atom stereocenters. The zero-order chi connectivity index (χ0) is 30.3. The molecule has 4 rings (SSSR count). The van der Waals surface area contributed by atoms with E-state index in [0.717, 1.165) is 11.4 Å². The molecular formula is C30H38Cl2N6O3. The molecule has 9 nitrogen and oxygen atoms in total. The van der Waals surface area contributed by atoms with Crippen LogP contribution in [0.2, 0.25) is 10.0 Å². The van der Waals surface area contributed by atoms with Gasteiger partial charge in [-0.15, -0.1) is 0 Å². The summed E-state index contributed by atoms with van der Waals surface area (Å²) >= 11 is 11.7. The van der Waals surface area contributed by atoms with Gasteiger partial charge in [-0.1, -0.05) is 76.9 Å². The highest BCUT2D eigenvalue weighted by molar-refractivity contribution is 6.30. The monoisotopic (exact) mass is 600 g/mol. The number of halogens is 2. The van der Waals surface area contributed by atoms with Crippen molar-refractivity contribution in [2.24, 2.45) is 10.8 Å². The van der Waals surface area contributed by atoms with Gasteiger partial charge >= 0.3 is 0 Å². The van der Waals surface area contributed by atoms with Crippen LogP contribution < -0.4 is 4.74 Å². The second kappa shape index (κ2) is 13.6. The van der Waals surface area contributed by atoms with Gasteiger partial charge in [-0.2, -0.15) is 10.2 Å². The van der Waals surface area contributed by atoms with Crippen LogP contribution in [0.1, 0.15) is 59.8 Å². The molecule has 0 fully saturated rings. The van der Waals surface area contributed by atoms with E-state index in [-0.39, 0.29) is 11.2 Å². The van der Waals surface area contributed by atoms with E-state index in [1.807, 2.05) is 65.8 Å². The molecule has 2 atom stereocenters. The summed E-state index contributed by atoms with van der Waals surface area (Å²) in [5, 5.41) is 20.6. The van der Waals surface area contributed by atoms with Gasteiger partial charge < -0.3 is 9.84 Å². The molecule has 2 aromatic carbocycles. The summed E-state index contributed by atoms with van der Waals surface area (Å²) in [6.45, 7) is 12.1. The smallest absolute Gasteiger partial charge is 0.252 e. The molecule has 0 bridgehead atoms. The molecule has 4 aromatic rings. The zero-order valence-corrected chi connectivity index (χ0v) is 25.8. The van der Waals surface area contributed by atoms with Gasteiger partial charge in [0.15, 0.2) is 0 Å². The number of aryl methyl sites for hydroxylation is 1. The minimum Gasteiger partial charge on any atom is -0.461 e. The normalized spacial score (nSPS) is 14.0. The average molecular weight is 602 g/mol. The summed E-state index contributed by atoms with van der Waals surface area (Å²) in [5.74, 6) is 0.463. The number of Topliss-reactive ketones (excluding diaryl/α,β-unsaturated/α-hetero) is 1. The largest absolute Gasteiger partial charge is 0.461 e. The highest BCUT2D eigenvalue weighted by Gasteiger charge is 2.40. The number of aliphatic hydroxyl groups is 1. The predicted molar refractivity (Wildman–Crippen MR) is 160 cm³/mol. The van der Waals surface area contributed by atoms with Crippen LogP contribution in [-0.4, -0.2) is 46.0 Å². The molecule has 2 aromatic heterocycles. The first-order valence-electron chi connectivity index (χ1n) is 13.3. The van der Waals surface area contributed by atoms with Gasteiger partial charge in [-0.05, 0) is 60.2 Å². The lowest BCUT2D eigenvalue weighted by Crippen LogP contribution is -2.47. The van der Waals surface area contributed by atoms with Gasteiger partial charge in [-0.25, -0.2) is 14.6 Å². The number of rotatable bonds is 9. The third-order valence-corrected chi connectivity index (χ3v) is 7.23. The van der Waals surface area contributed by atoms with Crippen LogP contribution in [0.4, 0.5) is 0 Å². The standard InChI is InChI=1S/C16H22ClN3O.C14H16ClN3O2/c1-15(2,3)16(21,10-20-12-18-11-19-20)9-8-13-4-6-14(17)7-5-13;1-14(2,3)12(19)13(18-9-16-8-17-18)20-11-6-4-10(15)5-7-11/h4-7,11-12,21H,8-10H2,1-3H3;4-9,13H,1-3H3. The lowest BCUT2D eigenvalue weighted by atomic mass is 9.73. The van der Waals surface area contributed by atoms with Crippen LogP contribution in [-0.2, 0) is 17.8 Å². The van der Waals surface area contributed by atoms with E-state index < -0.39 is 17.2 Å².